The topological polar surface area (TPSA) is 69.6 Å². The summed E-state index contributed by atoms with van der Waals surface area (Å²) in [5.74, 6) is 2.11. The standard InChI is InChI=1S/C13H20N2O3/c1-3-7-15(9-10-5-6-10)13(18)14-11(4-2)8-12(16)17/h1,10-11H,4-9H2,2H3,(H,14,18)(H,16,17). The molecule has 100 valence electrons. The first-order chi connectivity index (χ1) is 8.56. The van der Waals surface area contributed by atoms with Gasteiger partial charge in [-0.05, 0) is 25.2 Å². The van der Waals surface area contributed by atoms with Gasteiger partial charge in [0.15, 0.2) is 0 Å². The molecule has 0 heterocycles. The molecule has 0 radical (unpaired) electrons. The first kappa shape index (κ1) is 14.4. The van der Waals surface area contributed by atoms with Gasteiger partial charge in [0.1, 0.15) is 0 Å². The molecular formula is C13H20N2O3. The normalized spacial score (nSPS) is 15.6. The highest BCUT2D eigenvalue weighted by atomic mass is 16.4. The van der Waals surface area contributed by atoms with Crippen LogP contribution in [0.15, 0.2) is 0 Å². The third-order valence-electron chi connectivity index (χ3n) is 2.99. The first-order valence-corrected chi connectivity index (χ1v) is 6.27. The fourth-order valence-electron chi connectivity index (χ4n) is 1.72. The van der Waals surface area contributed by atoms with Crippen molar-refractivity contribution in [2.24, 2.45) is 5.92 Å². The third kappa shape index (κ3) is 5.09. The van der Waals surface area contributed by atoms with E-state index in [1.54, 1.807) is 4.90 Å². The van der Waals surface area contributed by atoms with E-state index in [0.29, 0.717) is 18.9 Å². The minimum absolute atomic E-state index is 0.0600. The number of nitrogens with zero attached hydrogens (tertiary/aromatic N) is 1. The summed E-state index contributed by atoms with van der Waals surface area (Å²) in [6.45, 7) is 2.78. The van der Waals surface area contributed by atoms with Gasteiger partial charge in [-0.1, -0.05) is 12.8 Å². The Bertz CT molecular complexity index is 345. The highest BCUT2D eigenvalue weighted by Gasteiger charge is 2.27. The lowest BCUT2D eigenvalue weighted by Crippen LogP contribution is -2.46. The summed E-state index contributed by atoms with van der Waals surface area (Å²) in [6.07, 6.45) is 8.05. The molecule has 18 heavy (non-hydrogen) atoms. The Balaban J connectivity index is 2.47. The zero-order chi connectivity index (χ0) is 13.5. The largest absolute Gasteiger partial charge is 0.481 e. The molecule has 0 aliphatic heterocycles. The van der Waals surface area contributed by atoms with Crippen LogP contribution in [0.25, 0.3) is 0 Å². The molecule has 0 aromatic carbocycles. The molecule has 0 aromatic rings. The van der Waals surface area contributed by atoms with Crippen molar-refractivity contribution in [3.05, 3.63) is 0 Å². The molecule has 0 spiro atoms. The molecule has 0 saturated heterocycles. The second-order valence-corrected chi connectivity index (χ2v) is 4.68. The molecule has 1 atom stereocenters. The smallest absolute Gasteiger partial charge is 0.318 e. The van der Waals surface area contributed by atoms with E-state index in [4.69, 9.17) is 11.5 Å². The van der Waals surface area contributed by atoms with Crippen molar-refractivity contribution in [3.63, 3.8) is 0 Å². The van der Waals surface area contributed by atoms with Crippen LogP contribution in [0.2, 0.25) is 0 Å². The third-order valence-corrected chi connectivity index (χ3v) is 2.99. The summed E-state index contributed by atoms with van der Waals surface area (Å²) < 4.78 is 0. The van der Waals surface area contributed by atoms with E-state index in [-0.39, 0.29) is 25.0 Å². The van der Waals surface area contributed by atoms with Crippen molar-refractivity contribution in [3.8, 4) is 12.3 Å². The van der Waals surface area contributed by atoms with Gasteiger partial charge in [-0.3, -0.25) is 4.79 Å². The van der Waals surface area contributed by atoms with E-state index in [2.05, 4.69) is 11.2 Å². The number of rotatable bonds is 7. The lowest BCUT2D eigenvalue weighted by molar-refractivity contribution is -0.137. The van der Waals surface area contributed by atoms with Gasteiger partial charge in [0, 0.05) is 12.6 Å². The molecular weight excluding hydrogens is 232 g/mol. The van der Waals surface area contributed by atoms with Crippen LogP contribution in [0, 0.1) is 18.3 Å². The van der Waals surface area contributed by atoms with Crippen LogP contribution >= 0.6 is 0 Å². The summed E-state index contributed by atoms with van der Waals surface area (Å²) in [5.41, 5.74) is 0. The van der Waals surface area contributed by atoms with Crippen LogP contribution in [0.1, 0.15) is 32.6 Å². The summed E-state index contributed by atoms with van der Waals surface area (Å²) in [5, 5.41) is 11.5. The van der Waals surface area contributed by atoms with E-state index < -0.39 is 5.97 Å². The van der Waals surface area contributed by atoms with Gasteiger partial charge in [0.05, 0.1) is 13.0 Å². The maximum atomic E-state index is 12.0. The molecule has 2 N–H and O–H groups in total. The van der Waals surface area contributed by atoms with Crippen molar-refractivity contribution < 1.29 is 14.7 Å². The van der Waals surface area contributed by atoms with E-state index in [9.17, 15) is 9.59 Å². The number of carboxylic acid groups (broad SMARTS) is 1. The molecule has 5 heteroatoms. The Morgan fingerprint density at radius 1 is 1.56 bits per heavy atom. The number of carboxylic acids is 1. The number of aliphatic carboxylic acids is 1. The van der Waals surface area contributed by atoms with Crippen molar-refractivity contribution >= 4 is 12.0 Å². The number of nitrogens with one attached hydrogen (secondary N) is 1. The van der Waals surface area contributed by atoms with Gasteiger partial charge in [-0.25, -0.2) is 4.79 Å². The highest BCUT2D eigenvalue weighted by Crippen LogP contribution is 2.29. The fourth-order valence-corrected chi connectivity index (χ4v) is 1.72. The second-order valence-electron chi connectivity index (χ2n) is 4.68. The van der Waals surface area contributed by atoms with Crippen LogP contribution in [0.3, 0.4) is 0 Å². The van der Waals surface area contributed by atoms with Gasteiger partial charge < -0.3 is 15.3 Å². The average molecular weight is 252 g/mol. The minimum Gasteiger partial charge on any atom is -0.481 e. The Labute approximate surface area is 108 Å². The number of carbonyl (C=O) groups excluding carboxylic acids is 1. The van der Waals surface area contributed by atoms with Gasteiger partial charge in [-0.15, -0.1) is 6.42 Å². The first-order valence-electron chi connectivity index (χ1n) is 6.27. The van der Waals surface area contributed by atoms with Crippen LogP contribution in [0.5, 0.6) is 0 Å². The van der Waals surface area contributed by atoms with Gasteiger partial charge in [0.25, 0.3) is 0 Å². The van der Waals surface area contributed by atoms with Gasteiger partial charge >= 0.3 is 12.0 Å². The predicted octanol–water partition coefficient (Wildman–Crippen LogP) is 1.29. The zero-order valence-corrected chi connectivity index (χ0v) is 10.7. The Morgan fingerprint density at radius 2 is 2.22 bits per heavy atom. The number of amides is 2. The quantitative estimate of drug-likeness (QED) is 0.671. The van der Waals surface area contributed by atoms with Crippen molar-refractivity contribution in [2.45, 2.75) is 38.6 Å². The maximum Gasteiger partial charge on any atom is 0.318 e. The van der Waals surface area contributed by atoms with Crippen LogP contribution in [-0.4, -0.2) is 41.1 Å². The zero-order valence-electron chi connectivity index (χ0n) is 10.7. The number of hydrogen-bond donors (Lipinski definition) is 2. The van der Waals surface area contributed by atoms with Crippen molar-refractivity contribution in [1.82, 2.24) is 10.2 Å². The lowest BCUT2D eigenvalue weighted by atomic mass is 10.1. The summed E-state index contributed by atoms with van der Waals surface area (Å²) in [7, 11) is 0. The Morgan fingerprint density at radius 3 is 2.67 bits per heavy atom. The molecule has 5 nitrogen and oxygen atoms in total. The van der Waals surface area contributed by atoms with Gasteiger partial charge in [-0.2, -0.15) is 0 Å². The summed E-state index contributed by atoms with van der Waals surface area (Å²) >= 11 is 0. The Hall–Kier alpha value is -1.70. The van der Waals surface area contributed by atoms with Gasteiger partial charge in [0.2, 0.25) is 0 Å². The molecule has 0 aromatic heterocycles. The molecule has 1 aliphatic carbocycles. The van der Waals surface area contributed by atoms with E-state index in [0.717, 1.165) is 12.8 Å². The minimum atomic E-state index is -0.909. The number of carbonyl (C=O) groups is 2. The molecule has 1 unspecified atom stereocenters. The van der Waals surface area contributed by atoms with Crippen molar-refractivity contribution in [1.29, 1.82) is 0 Å². The molecule has 1 saturated carbocycles. The summed E-state index contributed by atoms with van der Waals surface area (Å²) in [6, 6.07) is -0.595. The summed E-state index contributed by atoms with van der Waals surface area (Å²) in [4.78, 5) is 24.2. The van der Waals surface area contributed by atoms with Crippen LogP contribution in [-0.2, 0) is 4.79 Å². The number of terminal acetylenes is 1. The number of urea groups is 1. The second kappa shape index (κ2) is 6.90. The monoisotopic (exact) mass is 252 g/mol. The van der Waals surface area contributed by atoms with Crippen LogP contribution < -0.4 is 5.32 Å². The van der Waals surface area contributed by atoms with Crippen LogP contribution in [0.4, 0.5) is 4.79 Å². The molecule has 0 bridgehead atoms. The molecule has 1 rings (SSSR count). The van der Waals surface area contributed by atoms with E-state index in [1.165, 1.54) is 0 Å². The highest BCUT2D eigenvalue weighted by molar-refractivity contribution is 5.76. The Kier molecular flexibility index (Phi) is 5.50. The molecule has 1 fully saturated rings. The fraction of sp³-hybridized carbons (Fsp3) is 0.692. The lowest BCUT2D eigenvalue weighted by Gasteiger charge is -2.24. The predicted molar refractivity (Wildman–Crippen MR) is 68.0 cm³/mol. The maximum absolute atomic E-state index is 12.0. The molecule has 1 aliphatic rings. The average Bonchev–Trinajstić information content (AvgIpc) is 3.10. The SMILES string of the molecule is C#CCN(CC1CC1)C(=O)NC(CC)CC(=O)O. The van der Waals surface area contributed by atoms with Crippen molar-refractivity contribution in [2.75, 3.05) is 13.1 Å². The molecule has 2 amide bonds. The number of hydrogen-bond acceptors (Lipinski definition) is 2. The van der Waals surface area contributed by atoms with E-state index in [1.807, 2.05) is 6.92 Å². The van der Waals surface area contributed by atoms with E-state index >= 15 is 0 Å².